The normalized spacial score (nSPS) is 15.9. The summed E-state index contributed by atoms with van der Waals surface area (Å²) in [5.74, 6) is -1.54. The van der Waals surface area contributed by atoms with Crippen molar-refractivity contribution >= 4 is 46.8 Å². The Kier molecular flexibility index (Phi) is 5.49. The van der Waals surface area contributed by atoms with Gasteiger partial charge in [-0.15, -0.1) is 6.58 Å². The van der Waals surface area contributed by atoms with Crippen molar-refractivity contribution in [3.8, 4) is 5.69 Å². The summed E-state index contributed by atoms with van der Waals surface area (Å²) in [7, 11) is 0. The molecule has 2 amide bonds. The predicted octanol–water partition coefficient (Wildman–Crippen LogP) is 3.70. The quantitative estimate of drug-likeness (QED) is 0.357. The third-order valence-corrected chi connectivity index (χ3v) is 5.04. The number of thiocarbonyl (C=S) groups is 1. The molecule has 1 fully saturated rings. The summed E-state index contributed by atoms with van der Waals surface area (Å²) in [5, 5.41) is 2.59. The zero-order valence-corrected chi connectivity index (χ0v) is 16.8. The lowest BCUT2D eigenvalue weighted by atomic mass is 10.1. The van der Waals surface area contributed by atoms with Gasteiger partial charge < -0.3 is 4.57 Å². The molecular weight excluding hydrogens is 401 g/mol. The minimum Gasteiger partial charge on any atom is -0.318 e. The van der Waals surface area contributed by atoms with Gasteiger partial charge in [0.1, 0.15) is 11.4 Å². The van der Waals surface area contributed by atoms with E-state index in [1.165, 1.54) is 29.2 Å². The molecule has 0 bridgehead atoms. The number of hydrogen-bond donors (Lipinski definition) is 1. The molecule has 1 aromatic heterocycles. The summed E-state index contributed by atoms with van der Waals surface area (Å²) in [6.45, 7) is 7.51. The van der Waals surface area contributed by atoms with Crippen LogP contribution in [0, 0.1) is 19.7 Å². The first kappa shape index (κ1) is 20.0. The van der Waals surface area contributed by atoms with Crippen LogP contribution in [-0.4, -0.2) is 32.9 Å². The molecule has 5 nitrogen and oxygen atoms in total. The summed E-state index contributed by atoms with van der Waals surface area (Å²) in [4.78, 5) is 26.3. The molecule has 8 heteroatoms. The second kappa shape index (κ2) is 7.69. The first-order chi connectivity index (χ1) is 13.2. The molecule has 3 rings (SSSR count). The van der Waals surface area contributed by atoms with Crippen molar-refractivity contribution < 1.29 is 14.0 Å². The number of halogens is 2. The second-order valence-electron chi connectivity index (χ2n) is 6.28. The average molecular weight is 418 g/mol. The average Bonchev–Trinajstić information content (AvgIpc) is 2.91. The molecule has 2 aromatic rings. The van der Waals surface area contributed by atoms with E-state index in [1.54, 1.807) is 6.07 Å². The Morgan fingerprint density at radius 2 is 2.00 bits per heavy atom. The second-order valence-corrected chi connectivity index (χ2v) is 7.08. The van der Waals surface area contributed by atoms with Crippen LogP contribution in [0.3, 0.4) is 0 Å². The van der Waals surface area contributed by atoms with Crippen LogP contribution in [0.1, 0.15) is 17.0 Å². The van der Waals surface area contributed by atoms with E-state index in [2.05, 4.69) is 11.9 Å². The van der Waals surface area contributed by atoms with Crippen molar-refractivity contribution in [2.45, 2.75) is 13.8 Å². The van der Waals surface area contributed by atoms with Gasteiger partial charge in [-0.1, -0.05) is 17.7 Å². The largest absolute Gasteiger partial charge is 0.318 e. The van der Waals surface area contributed by atoms with E-state index in [9.17, 15) is 14.0 Å². The van der Waals surface area contributed by atoms with Gasteiger partial charge in [0, 0.05) is 23.6 Å². The van der Waals surface area contributed by atoms with Crippen LogP contribution < -0.4 is 5.32 Å². The number of hydrogen-bond acceptors (Lipinski definition) is 3. The van der Waals surface area contributed by atoms with Gasteiger partial charge in [0.2, 0.25) is 0 Å². The highest BCUT2D eigenvalue weighted by molar-refractivity contribution is 7.80. The molecule has 0 aliphatic carbocycles. The molecule has 144 valence electrons. The lowest BCUT2D eigenvalue weighted by Gasteiger charge is -2.27. The molecule has 0 radical (unpaired) electrons. The lowest BCUT2D eigenvalue weighted by molar-refractivity contribution is -0.128. The number of rotatable bonds is 4. The predicted molar refractivity (Wildman–Crippen MR) is 111 cm³/mol. The number of carbonyl (C=O) groups is 2. The van der Waals surface area contributed by atoms with Gasteiger partial charge in [-0.05, 0) is 62.0 Å². The van der Waals surface area contributed by atoms with Gasteiger partial charge in [0.05, 0.1) is 5.02 Å². The van der Waals surface area contributed by atoms with Gasteiger partial charge in [0.25, 0.3) is 11.8 Å². The van der Waals surface area contributed by atoms with Crippen LogP contribution in [0.15, 0.2) is 42.5 Å². The minimum absolute atomic E-state index is 0.0142. The first-order valence-corrected chi connectivity index (χ1v) is 9.17. The number of benzene rings is 1. The van der Waals surface area contributed by atoms with E-state index >= 15 is 0 Å². The van der Waals surface area contributed by atoms with Crippen LogP contribution in [0.25, 0.3) is 11.8 Å². The molecule has 1 aromatic carbocycles. The third kappa shape index (κ3) is 3.50. The molecule has 0 unspecified atom stereocenters. The summed E-state index contributed by atoms with van der Waals surface area (Å²) in [6.07, 6.45) is 3.06. The van der Waals surface area contributed by atoms with E-state index in [1.807, 2.05) is 24.5 Å². The van der Waals surface area contributed by atoms with Gasteiger partial charge in [0.15, 0.2) is 5.11 Å². The summed E-state index contributed by atoms with van der Waals surface area (Å²) < 4.78 is 15.4. The molecule has 0 saturated carbocycles. The van der Waals surface area contributed by atoms with Crippen LogP contribution in [0.2, 0.25) is 5.02 Å². The zero-order chi connectivity index (χ0) is 20.6. The smallest absolute Gasteiger partial charge is 0.265 e. The van der Waals surface area contributed by atoms with Gasteiger partial charge >= 0.3 is 0 Å². The van der Waals surface area contributed by atoms with Crippen molar-refractivity contribution in [3.63, 3.8) is 0 Å². The van der Waals surface area contributed by atoms with Crippen LogP contribution in [0.5, 0.6) is 0 Å². The molecule has 0 atom stereocenters. The molecule has 1 saturated heterocycles. The Balaban J connectivity index is 2.06. The van der Waals surface area contributed by atoms with Crippen LogP contribution in [-0.2, 0) is 9.59 Å². The molecule has 1 aliphatic heterocycles. The van der Waals surface area contributed by atoms with Crippen LogP contribution in [0.4, 0.5) is 4.39 Å². The van der Waals surface area contributed by atoms with Gasteiger partial charge in [-0.3, -0.25) is 19.8 Å². The summed E-state index contributed by atoms with van der Waals surface area (Å²) >= 11 is 11.0. The standard InChI is InChI=1S/C20H17ClFN3O2S/c1-4-7-24-19(27)15(18(26)23-20(24)28)9-13-8-11(2)25(12(13)3)14-5-6-17(22)16(21)10-14/h4-6,8-10H,1,7H2,2-3H3,(H,23,26,28)/b15-9+. The maximum atomic E-state index is 13.5. The molecule has 2 heterocycles. The number of aromatic nitrogens is 1. The number of amides is 2. The monoisotopic (exact) mass is 417 g/mol. The Labute approximate surface area is 172 Å². The highest BCUT2D eigenvalue weighted by Crippen LogP contribution is 2.26. The Hall–Kier alpha value is -2.77. The molecule has 0 spiro atoms. The van der Waals surface area contributed by atoms with Crippen LogP contribution >= 0.6 is 23.8 Å². The van der Waals surface area contributed by atoms with Crippen molar-refractivity contribution in [2.75, 3.05) is 6.54 Å². The van der Waals surface area contributed by atoms with Crippen molar-refractivity contribution in [2.24, 2.45) is 0 Å². The molecule has 1 aliphatic rings. The topological polar surface area (TPSA) is 54.3 Å². The Morgan fingerprint density at radius 3 is 2.64 bits per heavy atom. The zero-order valence-electron chi connectivity index (χ0n) is 15.3. The highest BCUT2D eigenvalue weighted by atomic mass is 35.5. The fraction of sp³-hybridized carbons (Fsp3) is 0.150. The van der Waals surface area contributed by atoms with E-state index in [0.29, 0.717) is 11.3 Å². The Morgan fingerprint density at radius 1 is 1.29 bits per heavy atom. The van der Waals surface area contributed by atoms with E-state index in [-0.39, 0.29) is 22.3 Å². The lowest BCUT2D eigenvalue weighted by Crippen LogP contribution is -2.53. The fourth-order valence-electron chi connectivity index (χ4n) is 3.10. The summed E-state index contributed by atoms with van der Waals surface area (Å²) in [5.41, 5.74) is 2.96. The van der Waals surface area contributed by atoms with E-state index < -0.39 is 17.6 Å². The fourth-order valence-corrected chi connectivity index (χ4v) is 3.52. The number of nitrogens with one attached hydrogen (secondary N) is 1. The van der Waals surface area contributed by atoms with Crippen molar-refractivity contribution in [3.05, 3.63) is 70.3 Å². The highest BCUT2D eigenvalue weighted by Gasteiger charge is 2.32. The van der Waals surface area contributed by atoms with Crippen molar-refractivity contribution in [1.82, 2.24) is 14.8 Å². The molecular formula is C20H17ClFN3O2S. The third-order valence-electron chi connectivity index (χ3n) is 4.43. The minimum atomic E-state index is -0.551. The number of carbonyl (C=O) groups excluding carboxylic acids is 2. The SMILES string of the molecule is C=CCN1C(=O)/C(=C/c2cc(C)n(-c3ccc(F)c(Cl)c3)c2C)C(=O)NC1=S. The molecule has 1 N–H and O–H groups in total. The Bertz CT molecular complexity index is 1060. The maximum absolute atomic E-state index is 13.5. The van der Waals surface area contributed by atoms with E-state index in [4.69, 9.17) is 23.8 Å². The van der Waals surface area contributed by atoms with E-state index in [0.717, 1.165) is 11.4 Å². The summed E-state index contributed by atoms with van der Waals surface area (Å²) in [6, 6.07) is 6.27. The first-order valence-electron chi connectivity index (χ1n) is 8.38. The molecule has 28 heavy (non-hydrogen) atoms. The van der Waals surface area contributed by atoms with Gasteiger partial charge in [-0.25, -0.2) is 4.39 Å². The van der Waals surface area contributed by atoms with Crippen molar-refractivity contribution in [1.29, 1.82) is 0 Å². The maximum Gasteiger partial charge on any atom is 0.265 e. The number of aryl methyl sites for hydroxylation is 1. The van der Waals surface area contributed by atoms with Gasteiger partial charge in [-0.2, -0.15) is 0 Å². The number of nitrogens with zero attached hydrogens (tertiary/aromatic N) is 2.